The predicted octanol–water partition coefficient (Wildman–Crippen LogP) is 2.37. The van der Waals surface area contributed by atoms with Crippen LogP contribution in [-0.4, -0.2) is 38.4 Å². The van der Waals surface area contributed by atoms with Gasteiger partial charge in [-0.2, -0.15) is 0 Å². The third-order valence-electron chi connectivity index (χ3n) is 2.37. The molecular formula is C14H29NO3. The Morgan fingerprint density at radius 3 is 2.28 bits per heavy atom. The van der Waals surface area contributed by atoms with Crippen molar-refractivity contribution in [2.75, 3.05) is 26.4 Å². The van der Waals surface area contributed by atoms with Gasteiger partial charge < -0.3 is 14.8 Å². The summed E-state index contributed by atoms with van der Waals surface area (Å²) in [5, 5.41) is 2.77. The van der Waals surface area contributed by atoms with E-state index in [1.165, 1.54) is 12.8 Å². The molecule has 0 unspecified atom stereocenters. The lowest BCUT2D eigenvalue weighted by Gasteiger charge is -2.09. The summed E-state index contributed by atoms with van der Waals surface area (Å²) >= 11 is 0. The van der Waals surface area contributed by atoms with Crippen molar-refractivity contribution in [3.63, 3.8) is 0 Å². The molecule has 0 radical (unpaired) electrons. The van der Waals surface area contributed by atoms with E-state index in [1.807, 2.05) is 13.8 Å². The number of amides is 1. The topological polar surface area (TPSA) is 47.6 Å². The fourth-order valence-electron chi connectivity index (χ4n) is 1.51. The maximum atomic E-state index is 11.2. The van der Waals surface area contributed by atoms with Crippen LogP contribution >= 0.6 is 0 Å². The highest BCUT2D eigenvalue weighted by Gasteiger charge is 2.02. The number of carbonyl (C=O) groups is 1. The molecule has 0 aromatic heterocycles. The van der Waals surface area contributed by atoms with Gasteiger partial charge in [0.2, 0.25) is 5.91 Å². The Hall–Kier alpha value is -0.610. The van der Waals surface area contributed by atoms with Crippen LogP contribution in [0.4, 0.5) is 0 Å². The number of carbonyl (C=O) groups excluding carboxylic acids is 1. The Morgan fingerprint density at radius 2 is 1.67 bits per heavy atom. The van der Waals surface area contributed by atoms with E-state index in [-0.39, 0.29) is 18.6 Å². The third kappa shape index (κ3) is 13.5. The van der Waals surface area contributed by atoms with Gasteiger partial charge in [0.15, 0.2) is 0 Å². The van der Waals surface area contributed by atoms with E-state index in [2.05, 4.69) is 19.2 Å². The first kappa shape index (κ1) is 17.4. The Kier molecular flexibility index (Phi) is 11.1. The van der Waals surface area contributed by atoms with E-state index >= 15 is 0 Å². The average Bonchev–Trinajstić information content (AvgIpc) is 2.25. The monoisotopic (exact) mass is 259 g/mol. The average molecular weight is 259 g/mol. The fourth-order valence-corrected chi connectivity index (χ4v) is 1.51. The molecule has 0 fully saturated rings. The first-order chi connectivity index (χ1) is 8.52. The summed E-state index contributed by atoms with van der Waals surface area (Å²) in [5.41, 5.74) is 0. The predicted molar refractivity (Wildman–Crippen MR) is 73.6 cm³/mol. The second-order valence-corrected chi connectivity index (χ2v) is 5.28. The van der Waals surface area contributed by atoms with Crippen LogP contribution in [0.3, 0.4) is 0 Å². The van der Waals surface area contributed by atoms with Crippen molar-refractivity contribution in [3.8, 4) is 0 Å². The molecular weight excluding hydrogens is 230 g/mol. The molecule has 18 heavy (non-hydrogen) atoms. The fraction of sp³-hybridized carbons (Fsp3) is 0.929. The van der Waals surface area contributed by atoms with Crippen LogP contribution in [0.2, 0.25) is 0 Å². The van der Waals surface area contributed by atoms with E-state index in [0.717, 1.165) is 18.9 Å². The first-order valence-electron chi connectivity index (χ1n) is 6.97. The summed E-state index contributed by atoms with van der Waals surface area (Å²) in [4.78, 5) is 11.2. The van der Waals surface area contributed by atoms with Crippen molar-refractivity contribution < 1.29 is 14.3 Å². The largest absolute Gasteiger partial charge is 0.379 e. The van der Waals surface area contributed by atoms with Crippen LogP contribution in [0.1, 0.15) is 47.0 Å². The number of hydrogen-bond acceptors (Lipinski definition) is 3. The summed E-state index contributed by atoms with van der Waals surface area (Å²) in [6.07, 6.45) is 3.58. The van der Waals surface area contributed by atoms with E-state index in [1.54, 1.807) is 0 Å². The molecule has 0 aromatic rings. The Labute approximate surface area is 111 Å². The lowest BCUT2D eigenvalue weighted by molar-refractivity contribution is -0.126. The van der Waals surface area contributed by atoms with Crippen LogP contribution in [0.25, 0.3) is 0 Å². The van der Waals surface area contributed by atoms with Gasteiger partial charge in [0.05, 0.1) is 13.2 Å². The molecule has 1 amide bonds. The second kappa shape index (κ2) is 11.5. The van der Waals surface area contributed by atoms with Gasteiger partial charge >= 0.3 is 0 Å². The molecule has 0 aliphatic rings. The highest BCUT2D eigenvalue weighted by molar-refractivity contribution is 5.77. The summed E-state index contributed by atoms with van der Waals surface area (Å²) in [6.45, 7) is 10.3. The second-order valence-electron chi connectivity index (χ2n) is 5.28. The van der Waals surface area contributed by atoms with Crippen LogP contribution in [0.5, 0.6) is 0 Å². The molecule has 0 heterocycles. The summed E-state index contributed by atoms with van der Waals surface area (Å²) in [7, 11) is 0. The molecule has 4 nitrogen and oxygen atoms in total. The summed E-state index contributed by atoms with van der Waals surface area (Å²) in [5.74, 6) is 0.703. The minimum Gasteiger partial charge on any atom is -0.379 e. The van der Waals surface area contributed by atoms with Crippen molar-refractivity contribution in [3.05, 3.63) is 0 Å². The van der Waals surface area contributed by atoms with E-state index < -0.39 is 0 Å². The zero-order valence-corrected chi connectivity index (χ0v) is 12.3. The van der Waals surface area contributed by atoms with Crippen LogP contribution in [0, 0.1) is 5.92 Å². The summed E-state index contributed by atoms with van der Waals surface area (Å²) < 4.78 is 10.6. The molecule has 0 aromatic carbocycles. The van der Waals surface area contributed by atoms with Gasteiger partial charge in [0.1, 0.15) is 6.61 Å². The lowest BCUT2D eigenvalue weighted by Crippen LogP contribution is -2.33. The Morgan fingerprint density at radius 1 is 1.00 bits per heavy atom. The van der Waals surface area contributed by atoms with E-state index in [9.17, 15) is 4.79 Å². The smallest absolute Gasteiger partial charge is 0.246 e. The normalized spacial score (nSPS) is 11.2. The molecule has 108 valence electrons. The van der Waals surface area contributed by atoms with Crippen molar-refractivity contribution in [2.24, 2.45) is 5.92 Å². The minimum absolute atomic E-state index is 0.0677. The van der Waals surface area contributed by atoms with Crippen molar-refractivity contribution >= 4 is 5.91 Å². The zero-order chi connectivity index (χ0) is 13.8. The van der Waals surface area contributed by atoms with Gasteiger partial charge in [0, 0.05) is 12.6 Å². The highest BCUT2D eigenvalue weighted by Crippen LogP contribution is 2.05. The Balaban J connectivity index is 3.14. The van der Waals surface area contributed by atoms with Gasteiger partial charge in [0.25, 0.3) is 0 Å². The van der Waals surface area contributed by atoms with Crippen LogP contribution in [0.15, 0.2) is 0 Å². The van der Waals surface area contributed by atoms with Gasteiger partial charge in [-0.05, 0) is 26.2 Å². The first-order valence-corrected chi connectivity index (χ1v) is 6.97. The van der Waals surface area contributed by atoms with Gasteiger partial charge in [-0.15, -0.1) is 0 Å². The molecule has 0 aliphatic heterocycles. The molecule has 0 saturated heterocycles. The van der Waals surface area contributed by atoms with Crippen molar-refractivity contribution in [1.29, 1.82) is 0 Å². The molecule has 0 atom stereocenters. The molecule has 1 N–H and O–H groups in total. The molecule has 0 bridgehead atoms. The number of unbranched alkanes of at least 4 members (excludes halogenated alkanes) is 1. The summed E-state index contributed by atoms with van der Waals surface area (Å²) in [6, 6.07) is 0.165. The SMILES string of the molecule is CC(C)CCCCOCCOCC(=O)NC(C)C. The van der Waals surface area contributed by atoms with Gasteiger partial charge in [-0.1, -0.05) is 26.7 Å². The minimum atomic E-state index is -0.0677. The molecule has 0 saturated carbocycles. The van der Waals surface area contributed by atoms with Crippen molar-refractivity contribution in [1.82, 2.24) is 5.32 Å². The number of rotatable bonds is 11. The lowest BCUT2D eigenvalue weighted by atomic mass is 10.1. The standard InChI is InChI=1S/C14H29NO3/c1-12(2)7-5-6-8-17-9-10-18-11-14(16)15-13(3)4/h12-13H,5-11H2,1-4H3,(H,15,16). The molecule has 4 heteroatoms. The van der Waals surface area contributed by atoms with E-state index in [4.69, 9.17) is 9.47 Å². The maximum absolute atomic E-state index is 11.2. The maximum Gasteiger partial charge on any atom is 0.246 e. The highest BCUT2D eigenvalue weighted by atomic mass is 16.5. The number of hydrogen-bond donors (Lipinski definition) is 1. The van der Waals surface area contributed by atoms with Crippen LogP contribution < -0.4 is 5.32 Å². The molecule has 0 spiro atoms. The third-order valence-corrected chi connectivity index (χ3v) is 2.37. The number of ether oxygens (including phenoxy) is 2. The number of nitrogens with one attached hydrogen (secondary N) is 1. The van der Waals surface area contributed by atoms with Gasteiger partial charge in [-0.25, -0.2) is 0 Å². The Bertz CT molecular complexity index is 205. The van der Waals surface area contributed by atoms with Crippen molar-refractivity contribution in [2.45, 2.75) is 53.0 Å². The quantitative estimate of drug-likeness (QED) is 0.579. The van der Waals surface area contributed by atoms with E-state index in [0.29, 0.717) is 13.2 Å². The van der Waals surface area contributed by atoms with Crippen LogP contribution in [-0.2, 0) is 14.3 Å². The zero-order valence-electron chi connectivity index (χ0n) is 12.3. The van der Waals surface area contributed by atoms with Gasteiger partial charge in [-0.3, -0.25) is 4.79 Å². The molecule has 0 aliphatic carbocycles. The molecule has 0 rings (SSSR count).